The fourth-order valence-corrected chi connectivity index (χ4v) is 3.71. The van der Waals surface area contributed by atoms with E-state index in [-0.39, 0.29) is 28.0 Å². The zero-order chi connectivity index (χ0) is 24.5. The second-order valence-electron chi connectivity index (χ2n) is 8.00. The molecule has 0 bridgehead atoms. The molecule has 2 N–H and O–H groups in total. The quantitative estimate of drug-likeness (QED) is 0.506. The van der Waals surface area contributed by atoms with Crippen LogP contribution >= 0.6 is 15.9 Å². The summed E-state index contributed by atoms with van der Waals surface area (Å²) >= 11 is 3.24. The van der Waals surface area contributed by atoms with E-state index in [2.05, 4.69) is 21.2 Å². The van der Waals surface area contributed by atoms with Crippen LogP contribution in [0.15, 0.2) is 51.7 Å². The molecule has 0 aliphatic heterocycles. The number of halogens is 3. The van der Waals surface area contributed by atoms with E-state index in [9.17, 15) is 23.5 Å². The topological polar surface area (TPSA) is 80.6 Å². The molecule has 0 saturated heterocycles. The average molecular weight is 521 g/mol. The minimum absolute atomic E-state index is 0.0741. The molecule has 1 aromatic heterocycles. The van der Waals surface area contributed by atoms with Crippen LogP contribution in [0.3, 0.4) is 0 Å². The predicted molar refractivity (Wildman–Crippen MR) is 124 cm³/mol. The monoisotopic (exact) mass is 520 g/mol. The van der Waals surface area contributed by atoms with E-state index in [4.69, 9.17) is 4.74 Å². The first-order valence-corrected chi connectivity index (χ1v) is 10.8. The van der Waals surface area contributed by atoms with Crippen LogP contribution in [0.1, 0.15) is 41.0 Å². The molecule has 3 rings (SSSR count). The predicted octanol–water partition coefficient (Wildman–Crippen LogP) is 4.35. The molecule has 0 fully saturated rings. The number of aliphatic hydroxyl groups is 1. The molecule has 0 spiro atoms. The van der Waals surface area contributed by atoms with Crippen LogP contribution in [-0.2, 0) is 12.2 Å². The lowest BCUT2D eigenvalue weighted by atomic mass is 9.95. The first-order valence-electron chi connectivity index (χ1n) is 10.0. The van der Waals surface area contributed by atoms with Gasteiger partial charge >= 0.3 is 0 Å². The highest BCUT2D eigenvalue weighted by molar-refractivity contribution is 9.10. The standard InChI is InChI=1S/C24H23BrF2N2O4/c1-13-9-20(33-12-14-5-7-16(26)11-18(14)27)21(25)23(31)29(13)19-8-6-15(24(2,3)32)10-17(19)22(30)28-4/h5-11,32H,12H2,1-4H3,(H,28,30). The lowest BCUT2D eigenvalue weighted by Gasteiger charge is -2.21. The molecule has 0 radical (unpaired) electrons. The maximum atomic E-state index is 13.9. The Kier molecular flexibility index (Phi) is 7.04. The molecular formula is C24H23BrF2N2O4. The summed E-state index contributed by atoms with van der Waals surface area (Å²) in [4.78, 5) is 25.8. The third-order valence-electron chi connectivity index (χ3n) is 5.11. The largest absolute Gasteiger partial charge is 0.487 e. The molecular weight excluding hydrogens is 498 g/mol. The third-order valence-corrected chi connectivity index (χ3v) is 5.84. The normalized spacial score (nSPS) is 11.4. The minimum atomic E-state index is -1.19. The highest BCUT2D eigenvalue weighted by Gasteiger charge is 2.23. The van der Waals surface area contributed by atoms with Crippen molar-refractivity contribution in [3.63, 3.8) is 0 Å². The number of carbonyl (C=O) groups is 1. The zero-order valence-electron chi connectivity index (χ0n) is 18.5. The third kappa shape index (κ3) is 5.15. The molecule has 174 valence electrons. The fraction of sp³-hybridized carbons (Fsp3) is 0.250. The second kappa shape index (κ2) is 9.44. The van der Waals surface area contributed by atoms with Crippen molar-refractivity contribution in [3.05, 3.63) is 91.3 Å². The molecule has 0 aliphatic carbocycles. The maximum Gasteiger partial charge on any atom is 0.273 e. The maximum absolute atomic E-state index is 13.9. The number of ether oxygens (including phenoxy) is 1. The van der Waals surface area contributed by atoms with Crippen LogP contribution in [0.25, 0.3) is 5.69 Å². The van der Waals surface area contributed by atoms with Crippen LogP contribution in [0.2, 0.25) is 0 Å². The lowest BCUT2D eigenvalue weighted by molar-refractivity contribution is 0.0784. The van der Waals surface area contributed by atoms with Crippen molar-refractivity contribution in [2.75, 3.05) is 7.05 Å². The number of hydrogen-bond acceptors (Lipinski definition) is 4. The Labute approximate surface area is 198 Å². The molecule has 2 aromatic carbocycles. The van der Waals surface area contributed by atoms with Crippen LogP contribution in [-0.4, -0.2) is 22.6 Å². The summed E-state index contributed by atoms with van der Waals surface area (Å²) in [5, 5.41) is 12.9. The number of nitrogens with zero attached hydrogens (tertiary/aromatic N) is 1. The van der Waals surface area contributed by atoms with Crippen molar-refractivity contribution in [2.45, 2.75) is 33.0 Å². The molecule has 1 heterocycles. The Hall–Kier alpha value is -3.04. The van der Waals surface area contributed by atoms with Gasteiger partial charge in [0.1, 0.15) is 28.5 Å². The summed E-state index contributed by atoms with van der Waals surface area (Å²) < 4.78 is 34.1. The van der Waals surface area contributed by atoms with Gasteiger partial charge < -0.3 is 15.2 Å². The number of rotatable bonds is 6. The van der Waals surface area contributed by atoms with Crippen LogP contribution in [0.5, 0.6) is 5.75 Å². The first kappa shape index (κ1) is 24.6. The molecule has 3 aromatic rings. The van der Waals surface area contributed by atoms with Gasteiger partial charge in [-0.3, -0.25) is 14.2 Å². The number of aryl methyl sites for hydroxylation is 1. The van der Waals surface area contributed by atoms with Gasteiger partial charge in [0.05, 0.1) is 16.9 Å². The van der Waals surface area contributed by atoms with Gasteiger partial charge in [0.15, 0.2) is 0 Å². The van der Waals surface area contributed by atoms with Gasteiger partial charge in [-0.25, -0.2) is 8.78 Å². The molecule has 1 amide bonds. The number of nitrogens with one attached hydrogen (secondary N) is 1. The molecule has 0 atom stereocenters. The molecule has 0 unspecified atom stereocenters. The molecule has 6 nitrogen and oxygen atoms in total. The number of hydrogen-bond donors (Lipinski definition) is 2. The van der Waals surface area contributed by atoms with Crippen molar-refractivity contribution in [3.8, 4) is 11.4 Å². The molecule has 33 heavy (non-hydrogen) atoms. The Morgan fingerprint density at radius 3 is 2.48 bits per heavy atom. The van der Waals surface area contributed by atoms with Crippen molar-refractivity contribution >= 4 is 21.8 Å². The average Bonchev–Trinajstić information content (AvgIpc) is 2.75. The summed E-state index contributed by atoms with van der Waals surface area (Å²) in [5.41, 5.74) is -0.0531. The SMILES string of the molecule is CNC(=O)c1cc(C(C)(C)O)ccc1-n1c(C)cc(OCc2ccc(F)cc2F)c(Br)c1=O. The Morgan fingerprint density at radius 1 is 1.18 bits per heavy atom. The lowest BCUT2D eigenvalue weighted by Crippen LogP contribution is -2.27. The van der Waals surface area contributed by atoms with Gasteiger partial charge in [-0.05, 0) is 66.5 Å². The summed E-state index contributed by atoms with van der Waals surface area (Å²) in [6.07, 6.45) is 0. The van der Waals surface area contributed by atoms with Gasteiger partial charge in [0, 0.05) is 30.4 Å². The first-order chi connectivity index (χ1) is 15.4. The van der Waals surface area contributed by atoms with Crippen LogP contribution < -0.4 is 15.6 Å². The summed E-state index contributed by atoms with van der Waals surface area (Å²) in [5.74, 6) is -1.70. The van der Waals surface area contributed by atoms with E-state index in [0.29, 0.717) is 16.9 Å². The van der Waals surface area contributed by atoms with E-state index >= 15 is 0 Å². The second-order valence-corrected chi connectivity index (χ2v) is 8.79. The Morgan fingerprint density at radius 2 is 1.88 bits per heavy atom. The zero-order valence-corrected chi connectivity index (χ0v) is 20.1. The van der Waals surface area contributed by atoms with Crippen LogP contribution in [0.4, 0.5) is 8.78 Å². The summed E-state index contributed by atoms with van der Waals surface area (Å²) in [7, 11) is 1.47. The molecule has 9 heteroatoms. The minimum Gasteiger partial charge on any atom is -0.487 e. The summed E-state index contributed by atoms with van der Waals surface area (Å²) in [6, 6.07) is 9.50. The number of aromatic nitrogens is 1. The Bertz CT molecular complexity index is 1280. The highest BCUT2D eigenvalue weighted by atomic mass is 79.9. The van der Waals surface area contributed by atoms with E-state index in [1.807, 2.05) is 0 Å². The van der Waals surface area contributed by atoms with Gasteiger partial charge in [0.25, 0.3) is 11.5 Å². The van der Waals surface area contributed by atoms with Gasteiger partial charge in [0.2, 0.25) is 0 Å². The highest BCUT2D eigenvalue weighted by Crippen LogP contribution is 2.28. The molecule has 0 saturated carbocycles. The Balaban J connectivity index is 2.06. The van der Waals surface area contributed by atoms with E-state index in [1.54, 1.807) is 39.0 Å². The smallest absolute Gasteiger partial charge is 0.273 e. The van der Waals surface area contributed by atoms with Gasteiger partial charge in [-0.1, -0.05) is 6.07 Å². The van der Waals surface area contributed by atoms with Crippen molar-refractivity contribution in [1.82, 2.24) is 9.88 Å². The van der Waals surface area contributed by atoms with Gasteiger partial charge in [-0.2, -0.15) is 0 Å². The number of benzene rings is 2. The summed E-state index contributed by atoms with van der Waals surface area (Å²) in [6.45, 7) is 4.65. The number of carbonyl (C=O) groups excluding carboxylic acids is 1. The van der Waals surface area contributed by atoms with Crippen molar-refractivity contribution in [2.24, 2.45) is 0 Å². The number of pyridine rings is 1. The fourth-order valence-electron chi connectivity index (χ4n) is 3.31. The van der Waals surface area contributed by atoms with E-state index in [0.717, 1.165) is 12.1 Å². The van der Waals surface area contributed by atoms with Crippen LogP contribution in [0, 0.1) is 18.6 Å². The van der Waals surface area contributed by atoms with Crippen molar-refractivity contribution in [1.29, 1.82) is 0 Å². The van der Waals surface area contributed by atoms with E-state index < -0.39 is 28.7 Å². The number of amides is 1. The van der Waals surface area contributed by atoms with Gasteiger partial charge in [-0.15, -0.1) is 0 Å². The van der Waals surface area contributed by atoms with Crippen molar-refractivity contribution < 1.29 is 23.4 Å². The van der Waals surface area contributed by atoms with E-state index in [1.165, 1.54) is 23.7 Å². The molecule has 0 aliphatic rings.